The lowest BCUT2D eigenvalue weighted by atomic mass is 10.0. The van der Waals surface area contributed by atoms with E-state index in [9.17, 15) is 24.3 Å². The molecule has 37 heavy (non-hydrogen) atoms. The number of nitrogen functional groups attached to an aromatic ring is 1. The lowest BCUT2D eigenvalue weighted by Gasteiger charge is -2.49. The molecular formula is C18H16N8O7S4. The van der Waals surface area contributed by atoms with Crippen molar-refractivity contribution in [3.63, 3.8) is 0 Å². The third kappa shape index (κ3) is 5.73. The van der Waals surface area contributed by atoms with E-state index in [1.165, 1.54) is 46.9 Å². The Bertz CT molecular complexity index is 1330. The molecule has 4 heterocycles. The van der Waals surface area contributed by atoms with Gasteiger partial charge < -0.3 is 26.1 Å². The Balaban J connectivity index is 1.48. The van der Waals surface area contributed by atoms with Crippen molar-refractivity contribution in [2.24, 2.45) is 5.16 Å². The number of hydrogen-bond acceptors (Lipinski definition) is 14. The molecule has 194 valence electrons. The molecule has 0 radical (unpaired) electrons. The van der Waals surface area contributed by atoms with E-state index in [4.69, 9.17) is 15.7 Å². The Morgan fingerprint density at radius 1 is 1.38 bits per heavy atom. The number of rotatable bonds is 11. The number of nitrogens with two attached hydrogens (primary N) is 1. The Kier molecular flexibility index (Phi) is 8.05. The molecule has 4 rings (SSSR count). The van der Waals surface area contributed by atoms with E-state index in [1.54, 1.807) is 0 Å². The highest BCUT2D eigenvalue weighted by atomic mass is 32.2. The number of oxime groups is 1. The number of aromatic nitrogens is 4. The van der Waals surface area contributed by atoms with Crippen molar-refractivity contribution >= 4 is 81.2 Å². The molecule has 1 fully saturated rings. The van der Waals surface area contributed by atoms with Crippen molar-refractivity contribution in [2.45, 2.75) is 16.4 Å². The SMILES string of the molecule is C=C(ON=C(C(=O)NC1C(=O)N2C(C(=O)O)=C(SCSc3cn[nH]n3)CS[C@@H]12)c1csc(N)n1)C(=O)O. The fourth-order valence-corrected chi connectivity index (χ4v) is 7.20. The molecule has 1 unspecified atom stereocenters. The molecule has 0 saturated carbocycles. The molecule has 19 heteroatoms. The first-order valence-electron chi connectivity index (χ1n) is 9.89. The third-order valence-electron chi connectivity index (χ3n) is 4.72. The van der Waals surface area contributed by atoms with Crippen LogP contribution in [-0.2, 0) is 24.0 Å². The van der Waals surface area contributed by atoms with Crippen LogP contribution in [0.2, 0.25) is 0 Å². The summed E-state index contributed by atoms with van der Waals surface area (Å²) in [4.78, 5) is 59.2. The van der Waals surface area contributed by atoms with Gasteiger partial charge in [0.1, 0.15) is 27.8 Å². The highest BCUT2D eigenvalue weighted by molar-refractivity contribution is 8.18. The fraction of sp³-hybridized carbons (Fsp3) is 0.222. The van der Waals surface area contributed by atoms with Gasteiger partial charge in [0.15, 0.2) is 10.8 Å². The quantitative estimate of drug-likeness (QED) is 0.0457. The number of aliphatic carboxylic acids is 2. The summed E-state index contributed by atoms with van der Waals surface area (Å²) in [6.07, 6.45) is 1.54. The van der Waals surface area contributed by atoms with E-state index in [0.29, 0.717) is 20.8 Å². The number of carboxylic acid groups (broad SMARTS) is 2. The maximum Gasteiger partial charge on any atom is 0.374 e. The lowest BCUT2D eigenvalue weighted by molar-refractivity contribution is -0.150. The van der Waals surface area contributed by atoms with Gasteiger partial charge in [-0.3, -0.25) is 14.5 Å². The number of thioether (sulfide) groups is 3. The van der Waals surface area contributed by atoms with Gasteiger partial charge in [0, 0.05) is 16.0 Å². The van der Waals surface area contributed by atoms with Gasteiger partial charge in [-0.25, -0.2) is 14.6 Å². The van der Waals surface area contributed by atoms with Crippen molar-refractivity contribution in [1.82, 2.24) is 30.6 Å². The zero-order valence-corrected chi connectivity index (χ0v) is 21.6. The Hall–Kier alpha value is -3.55. The molecule has 2 amide bonds. The monoisotopic (exact) mass is 584 g/mol. The zero-order valence-electron chi connectivity index (χ0n) is 18.3. The van der Waals surface area contributed by atoms with Crippen molar-refractivity contribution in [3.8, 4) is 0 Å². The average Bonchev–Trinajstić information content (AvgIpc) is 3.53. The standard InChI is InChI=1S/C18H16N8O7S4/c1-6(16(29)30)33-24-10(7-3-35-18(19)21-7)13(27)22-11-14(28)26-12(17(31)32)8(4-34-15(11)26)36-5-37-9-2-20-25-23-9/h2-3,11,15H,1,4-5H2,(H2,19,21)(H,22,27)(H,29,30)(H,31,32)(H,20,23,25)/t11?,15-/m0/s1. The molecule has 2 atom stereocenters. The summed E-state index contributed by atoms with van der Waals surface area (Å²) in [5.74, 6) is -4.73. The topological polar surface area (TPSA) is 226 Å². The summed E-state index contributed by atoms with van der Waals surface area (Å²) >= 11 is 4.92. The number of hydrogen-bond donors (Lipinski definition) is 5. The minimum Gasteiger partial charge on any atom is -0.477 e. The number of thiazole rings is 1. The van der Waals surface area contributed by atoms with Crippen LogP contribution in [0.1, 0.15) is 5.69 Å². The van der Waals surface area contributed by atoms with Gasteiger partial charge in [-0.2, -0.15) is 10.3 Å². The second-order valence-corrected chi connectivity index (χ2v) is 11.4. The molecule has 0 spiro atoms. The van der Waals surface area contributed by atoms with Gasteiger partial charge in [-0.05, 0) is 6.58 Å². The second kappa shape index (κ2) is 11.2. The second-order valence-electron chi connectivity index (χ2n) is 6.98. The van der Waals surface area contributed by atoms with Gasteiger partial charge in [0.25, 0.3) is 11.8 Å². The number of amides is 2. The fourth-order valence-electron chi connectivity index (χ4n) is 3.07. The molecule has 2 aliphatic rings. The highest BCUT2D eigenvalue weighted by Gasteiger charge is 2.54. The van der Waals surface area contributed by atoms with Gasteiger partial charge in [0.2, 0.25) is 5.76 Å². The zero-order chi connectivity index (χ0) is 26.7. The number of carbonyl (C=O) groups excluding carboxylic acids is 2. The normalized spacial score (nSPS) is 19.2. The van der Waals surface area contributed by atoms with E-state index >= 15 is 0 Å². The number of aromatic amines is 1. The number of H-pyrrole nitrogens is 1. The minimum absolute atomic E-state index is 0.00691. The van der Waals surface area contributed by atoms with Crippen LogP contribution in [0.15, 0.2) is 44.7 Å². The number of anilines is 1. The summed E-state index contributed by atoms with van der Waals surface area (Å²) in [7, 11) is 0. The Morgan fingerprint density at radius 2 is 2.16 bits per heavy atom. The van der Waals surface area contributed by atoms with E-state index in [2.05, 4.69) is 37.4 Å². The summed E-state index contributed by atoms with van der Waals surface area (Å²) in [5, 5.41) is 36.8. The van der Waals surface area contributed by atoms with Crippen LogP contribution in [-0.4, -0.2) is 87.2 Å². The highest BCUT2D eigenvalue weighted by Crippen LogP contribution is 2.44. The molecular weight excluding hydrogens is 569 g/mol. The number of carboxylic acids is 2. The lowest BCUT2D eigenvalue weighted by Crippen LogP contribution is -2.71. The van der Waals surface area contributed by atoms with E-state index in [1.807, 2.05) is 0 Å². The molecule has 15 nitrogen and oxygen atoms in total. The average molecular weight is 585 g/mol. The van der Waals surface area contributed by atoms with E-state index in [-0.39, 0.29) is 16.5 Å². The number of nitrogens with zero attached hydrogens (tertiary/aromatic N) is 5. The number of nitrogens with one attached hydrogen (secondary N) is 2. The van der Waals surface area contributed by atoms with Gasteiger partial charge in [0.05, 0.1) is 11.3 Å². The van der Waals surface area contributed by atoms with Crippen LogP contribution in [0.5, 0.6) is 0 Å². The Morgan fingerprint density at radius 3 is 2.78 bits per heavy atom. The van der Waals surface area contributed by atoms with Gasteiger partial charge >= 0.3 is 11.9 Å². The molecule has 0 aliphatic carbocycles. The molecule has 1 saturated heterocycles. The van der Waals surface area contributed by atoms with Gasteiger partial charge in [-0.1, -0.05) is 16.9 Å². The maximum absolute atomic E-state index is 13.0. The summed E-state index contributed by atoms with van der Waals surface area (Å²) in [6, 6.07) is -1.06. The third-order valence-corrected chi connectivity index (χ3v) is 8.98. The molecule has 6 N–H and O–H groups in total. The number of carbonyl (C=O) groups is 4. The molecule has 0 bridgehead atoms. The first kappa shape index (κ1) is 26.5. The predicted molar refractivity (Wildman–Crippen MR) is 135 cm³/mol. The van der Waals surface area contributed by atoms with Crippen molar-refractivity contribution < 1.29 is 34.2 Å². The largest absolute Gasteiger partial charge is 0.477 e. The summed E-state index contributed by atoms with van der Waals surface area (Å²) in [5.41, 5.74) is 5.03. The predicted octanol–water partition coefficient (Wildman–Crippen LogP) is 0.342. The van der Waals surface area contributed by atoms with Crippen LogP contribution in [0.3, 0.4) is 0 Å². The van der Waals surface area contributed by atoms with Crippen molar-refractivity contribution in [3.05, 3.63) is 40.2 Å². The first-order chi connectivity index (χ1) is 17.7. The summed E-state index contributed by atoms with van der Waals surface area (Å²) < 4.78 is 0. The van der Waals surface area contributed by atoms with Crippen molar-refractivity contribution in [1.29, 1.82) is 0 Å². The van der Waals surface area contributed by atoms with E-state index in [0.717, 1.165) is 16.2 Å². The molecule has 0 aromatic carbocycles. The minimum atomic E-state index is -1.49. The smallest absolute Gasteiger partial charge is 0.374 e. The number of fused-ring (bicyclic) bond motifs is 1. The maximum atomic E-state index is 13.0. The van der Waals surface area contributed by atoms with Crippen LogP contribution >= 0.6 is 46.6 Å². The first-order valence-corrected chi connectivity index (χ1v) is 13.8. The molecule has 2 aromatic heterocycles. The van der Waals surface area contributed by atoms with Gasteiger partial charge in [-0.15, -0.1) is 40.0 Å². The van der Waals surface area contributed by atoms with Crippen LogP contribution in [0.25, 0.3) is 0 Å². The van der Waals surface area contributed by atoms with Crippen LogP contribution in [0.4, 0.5) is 5.13 Å². The summed E-state index contributed by atoms with van der Waals surface area (Å²) in [6.45, 7) is 3.17. The Labute approximate surface area is 224 Å². The molecule has 2 aromatic rings. The van der Waals surface area contributed by atoms with Crippen LogP contribution < -0.4 is 11.1 Å². The molecule has 2 aliphatic heterocycles. The number of β-lactam (4-membered cyclic amide) rings is 1. The van der Waals surface area contributed by atoms with Crippen molar-refractivity contribution in [2.75, 3.05) is 16.6 Å². The van der Waals surface area contributed by atoms with E-state index < -0.39 is 46.6 Å². The van der Waals surface area contributed by atoms with Crippen LogP contribution in [0, 0.1) is 0 Å².